The summed E-state index contributed by atoms with van der Waals surface area (Å²) in [5.74, 6) is 0.246. The van der Waals surface area contributed by atoms with Crippen LogP contribution in [0.15, 0.2) is 36.5 Å². The van der Waals surface area contributed by atoms with Crippen molar-refractivity contribution in [2.75, 3.05) is 0 Å². The van der Waals surface area contributed by atoms with E-state index in [9.17, 15) is 18.0 Å². The normalized spacial score (nSPS) is 12.1. The lowest BCUT2D eigenvalue weighted by atomic mass is 10.3. The summed E-state index contributed by atoms with van der Waals surface area (Å²) in [6, 6.07) is 8.64. The Morgan fingerprint density at radius 2 is 1.96 bits per heavy atom. The Kier molecular flexibility index (Phi) is 4.71. The van der Waals surface area contributed by atoms with Crippen molar-refractivity contribution in [2.24, 2.45) is 0 Å². The molecule has 0 aliphatic heterocycles. The van der Waals surface area contributed by atoms with E-state index < -0.39 is 17.8 Å². The fraction of sp³-hybridized carbons (Fsp3) is 0.353. The molecular weight excluding hydrogens is 347 g/mol. The van der Waals surface area contributed by atoms with Gasteiger partial charge >= 0.3 is 6.18 Å². The van der Waals surface area contributed by atoms with Crippen LogP contribution in [0.3, 0.4) is 0 Å². The molecule has 3 aromatic rings. The Labute approximate surface area is 147 Å². The van der Waals surface area contributed by atoms with Crippen LogP contribution in [0.5, 0.6) is 0 Å². The number of rotatable bonds is 5. The molecule has 0 aliphatic carbocycles. The molecule has 0 fully saturated rings. The summed E-state index contributed by atoms with van der Waals surface area (Å²) in [6.07, 6.45) is -3.39. The first-order valence-corrected chi connectivity index (χ1v) is 8.09. The molecule has 0 saturated carbocycles. The highest BCUT2D eigenvalue weighted by molar-refractivity contribution is 5.77. The highest BCUT2D eigenvalue weighted by Gasteiger charge is 2.33. The average Bonchev–Trinajstić information content (AvgIpc) is 3.16. The van der Waals surface area contributed by atoms with Crippen molar-refractivity contribution in [1.29, 1.82) is 0 Å². The van der Waals surface area contributed by atoms with Gasteiger partial charge < -0.3 is 9.88 Å². The molecule has 2 heterocycles. The molecule has 1 aromatic carbocycles. The zero-order valence-corrected chi connectivity index (χ0v) is 14.3. The van der Waals surface area contributed by atoms with E-state index in [1.165, 1.54) is 0 Å². The van der Waals surface area contributed by atoms with Crippen molar-refractivity contribution >= 4 is 16.9 Å². The highest BCUT2D eigenvalue weighted by Crippen LogP contribution is 2.27. The van der Waals surface area contributed by atoms with Gasteiger partial charge in [0.1, 0.15) is 12.4 Å². The molecule has 138 valence electrons. The van der Waals surface area contributed by atoms with Crippen LogP contribution in [0.4, 0.5) is 13.2 Å². The van der Waals surface area contributed by atoms with Crippen molar-refractivity contribution in [3.05, 3.63) is 48.0 Å². The van der Waals surface area contributed by atoms with Crippen LogP contribution < -0.4 is 5.32 Å². The second-order valence-electron chi connectivity index (χ2n) is 6.15. The van der Waals surface area contributed by atoms with Gasteiger partial charge in [0.25, 0.3) is 0 Å². The topological polar surface area (TPSA) is 64.7 Å². The summed E-state index contributed by atoms with van der Waals surface area (Å²) >= 11 is 0. The fourth-order valence-electron chi connectivity index (χ4n) is 2.78. The third-order valence-electron chi connectivity index (χ3n) is 3.87. The molecule has 1 N–H and O–H groups in total. The maximum atomic E-state index is 12.5. The molecule has 0 spiro atoms. The zero-order valence-electron chi connectivity index (χ0n) is 14.3. The van der Waals surface area contributed by atoms with E-state index in [1.807, 2.05) is 42.7 Å². The van der Waals surface area contributed by atoms with Gasteiger partial charge in [-0.1, -0.05) is 12.1 Å². The van der Waals surface area contributed by atoms with Gasteiger partial charge in [0.05, 0.1) is 17.6 Å². The minimum atomic E-state index is -4.52. The maximum absolute atomic E-state index is 12.5. The largest absolute Gasteiger partial charge is 0.435 e. The third-order valence-corrected chi connectivity index (χ3v) is 3.87. The SMILES string of the molecule is CC(C)n1c(CNC(=O)Cn2ccc(C(F)(F)F)n2)nc2ccccc21. The lowest BCUT2D eigenvalue weighted by Gasteiger charge is -2.13. The van der Waals surface area contributed by atoms with E-state index in [0.717, 1.165) is 28.0 Å². The molecule has 0 unspecified atom stereocenters. The van der Waals surface area contributed by atoms with Crippen LogP contribution in [0, 0.1) is 0 Å². The molecule has 26 heavy (non-hydrogen) atoms. The minimum absolute atomic E-state index is 0.148. The number of benzene rings is 1. The van der Waals surface area contributed by atoms with Crippen molar-refractivity contribution < 1.29 is 18.0 Å². The number of hydrogen-bond acceptors (Lipinski definition) is 3. The van der Waals surface area contributed by atoms with Crippen LogP contribution in [0.25, 0.3) is 11.0 Å². The number of fused-ring (bicyclic) bond motifs is 1. The van der Waals surface area contributed by atoms with Crippen LogP contribution in [0.1, 0.15) is 31.4 Å². The molecule has 0 bridgehead atoms. The fourth-order valence-corrected chi connectivity index (χ4v) is 2.78. The lowest BCUT2D eigenvalue weighted by Crippen LogP contribution is -2.29. The van der Waals surface area contributed by atoms with E-state index in [-0.39, 0.29) is 19.1 Å². The Hall–Kier alpha value is -2.84. The number of nitrogens with one attached hydrogen (secondary N) is 1. The molecule has 0 aliphatic rings. The molecule has 0 radical (unpaired) electrons. The number of nitrogens with zero attached hydrogens (tertiary/aromatic N) is 4. The van der Waals surface area contributed by atoms with Gasteiger partial charge in [-0.2, -0.15) is 18.3 Å². The van der Waals surface area contributed by atoms with Gasteiger partial charge in [-0.05, 0) is 32.0 Å². The molecular formula is C17H18F3N5O. The van der Waals surface area contributed by atoms with Crippen molar-refractivity contribution in [3.63, 3.8) is 0 Å². The third kappa shape index (κ3) is 3.71. The number of halogens is 3. The predicted molar refractivity (Wildman–Crippen MR) is 89.2 cm³/mol. The minimum Gasteiger partial charge on any atom is -0.347 e. The molecule has 0 atom stereocenters. The highest BCUT2D eigenvalue weighted by atomic mass is 19.4. The number of carbonyl (C=O) groups excluding carboxylic acids is 1. The monoisotopic (exact) mass is 365 g/mol. The van der Waals surface area contributed by atoms with Crippen LogP contribution in [-0.4, -0.2) is 25.2 Å². The van der Waals surface area contributed by atoms with Gasteiger partial charge in [-0.25, -0.2) is 4.98 Å². The molecule has 2 aromatic heterocycles. The first kappa shape index (κ1) is 18.0. The van der Waals surface area contributed by atoms with E-state index in [4.69, 9.17) is 0 Å². The van der Waals surface area contributed by atoms with Gasteiger partial charge in [0.15, 0.2) is 5.69 Å². The van der Waals surface area contributed by atoms with Crippen LogP contribution >= 0.6 is 0 Å². The average molecular weight is 365 g/mol. The molecule has 0 saturated heterocycles. The van der Waals surface area contributed by atoms with Gasteiger partial charge in [0, 0.05) is 12.2 Å². The second-order valence-corrected chi connectivity index (χ2v) is 6.15. The number of para-hydroxylation sites is 2. The number of aromatic nitrogens is 4. The first-order chi connectivity index (χ1) is 12.3. The van der Waals surface area contributed by atoms with E-state index in [1.54, 1.807) is 0 Å². The first-order valence-electron chi connectivity index (χ1n) is 8.09. The predicted octanol–water partition coefficient (Wildman–Crippen LogP) is 3.15. The Morgan fingerprint density at radius 3 is 2.62 bits per heavy atom. The van der Waals surface area contributed by atoms with Crippen molar-refractivity contribution in [1.82, 2.24) is 24.6 Å². The summed E-state index contributed by atoms with van der Waals surface area (Å²) in [5.41, 5.74) is 0.771. The Morgan fingerprint density at radius 1 is 1.23 bits per heavy atom. The smallest absolute Gasteiger partial charge is 0.347 e. The van der Waals surface area contributed by atoms with Crippen molar-refractivity contribution in [2.45, 2.75) is 39.2 Å². The van der Waals surface area contributed by atoms with Crippen LogP contribution in [-0.2, 0) is 24.1 Å². The van der Waals surface area contributed by atoms with Crippen LogP contribution in [0.2, 0.25) is 0 Å². The molecule has 6 nitrogen and oxygen atoms in total. The zero-order chi connectivity index (χ0) is 18.9. The second kappa shape index (κ2) is 6.81. The summed E-state index contributed by atoms with van der Waals surface area (Å²) in [5, 5.41) is 6.05. The lowest BCUT2D eigenvalue weighted by molar-refractivity contribution is -0.141. The van der Waals surface area contributed by atoms with Gasteiger partial charge in [0.2, 0.25) is 5.91 Å². The summed E-state index contributed by atoms with van der Waals surface area (Å²) in [4.78, 5) is 16.6. The standard InChI is InChI=1S/C17H18F3N5O/c1-11(2)25-13-6-4-3-5-12(13)22-15(25)9-21-16(26)10-24-8-7-14(23-24)17(18,19)20/h3-8,11H,9-10H2,1-2H3,(H,21,26). The Bertz CT molecular complexity index is 926. The number of imidazole rings is 1. The number of alkyl halides is 3. The van der Waals surface area contributed by atoms with Crippen molar-refractivity contribution in [3.8, 4) is 0 Å². The summed E-state index contributed by atoms with van der Waals surface area (Å²) in [6.45, 7) is 3.92. The van der Waals surface area contributed by atoms with Gasteiger partial charge in [-0.3, -0.25) is 9.48 Å². The maximum Gasteiger partial charge on any atom is 0.435 e. The number of carbonyl (C=O) groups is 1. The quantitative estimate of drug-likeness (QED) is 0.755. The molecule has 1 amide bonds. The summed E-state index contributed by atoms with van der Waals surface area (Å²) in [7, 11) is 0. The van der Waals surface area contributed by atoms with E-state index in [0.29, 0.717) is 5.82 Å². The molecule has 9 heteroatoms. The summed E-state index contributed by atoms with van der Waals surface area (Å²) < 4.78 is 40.6. The molecule has 3 rings (SSSR count). The Balaban J connectivity index is 1.69. The van der Waals surface area contributed by atoms with E-state index >= 15 is 0 Å². The number of amides is 1. The van der Waals surface area contributed by atoms with E-state index in [2.05, 4.69) is 15.4 Å². The van der Waals surface area contributed by atoms with Gasteiger partial charge in [-0.15, -0.1) is 0 Å². The number of hydrogen-bond donors (Lipinski definition) is 1.